The van der Waals surface area contributed by atoms with Crippen molar-refractivity contribution in [2.24, 2.45) is 0 Å². The molecule has 0 radical (unpaired) electrons. The fourth-order valence-electron chi connectivity index (χ4n) is 2.03. The van der Waals surface area contributed by atoms with E-state index < -0.39 is 0 Å². The summed E-state index contributed by atoms with van der Waals surface area (Å²) in [4.78, 5) is 12.4. The van der Waals surface area contributed by atoms with Crippen molar-refractivity contribution >= 4 is 27.5 Å². The molecule has 0 aliphatic rings. The number of aromatic amines is 1. The quantitative estimate of drug-likeness (QED) is 0.733. The van der Waals surface area contributed by atoms with E-state index in [-0.39, 0.29) is 5.91 Å². The van der Waals surface area contributed by atoms with Crippen LogP contribution in [0.1, 0.15) is 10.4 Å². The fourth-order valence-corrected chi connectivity index (χ4v) is 2.39. The van der Waals surface area contributed by atoms with E-state index in [0.717, 1.165) is 4.47 Å². The minimum atomic E-state index is -0.240. The van der Waals surface area contributed by atoms with Crippen molar-refractivity contribution in [1.82, 2.24) is 20.6 Å². The number of carbonyl (C=O) groups is 1. The summed E-state index contributed by atoms with van der Waals surface area (Å²) in [5.41, 5.74) is 1.77. The average molecular weight is 374 g/mol. The van der Waals surface area contributed by atoms with Crippen LogP contribution in [0.4, 0.5) is 5.69 Å². The molecule has 0 bridgehead atoms. The fraction of sp³-hybridized carbons (Fsp3) is 0.0667. The van der Waals surface area contributed by atoms with Crippen molar-refractivity contribution in [2.45, 2.75) is 0 Å². The SMILES string of the molecule is COc1ccc(C(=O)Nc2cc(Br)ccc2-c2nn[nH]n2)cc1. The molecule has 0 spiro atoms. The summed E-state index contributed by atoms with van der Waals surface area (Å²) in [7, 11) is 1.58. The first kappa shape index (κ1) is 15.2. The van der Waals surface area contributed by atoms with Gasteiger partial charge < -0.3 is 10.1 Å². The molecule has 1 aromatic heterocycles. The Balaban J connectivity index is 1.89. The number of benzene rings is 2. The maximum Gasteiger partial charge on any atom is 0.255 e. The highest BCUT2D eigenvalue weighted by Gasteiger charge is 2.13. The second-order valence-electron chi connectivity index (χ2n) is 4.61. The summed E-state index contributed by atoms with van der Waals surface area (Å²) in [5.74, 6) is 0.856. The molecule has 3 rings (SSSR count). The number of rotatable bonds is 4. The maximum atomic E-state index is 12.4. The largest absolute Gasteiger partial charge is 0.497 e. The van der Waals surface area contributed by atoms with Gasteiger partial charge in [-0.25, -0.2) is 0 Å². The number of tetrazole rings is 1. The Morgan fingerprint density at radius 2 is 2.00 bits per heavy atom. The summed E-state index contributed by atoms with van der Waals surface area (Å²) < 4.78 is 5.91. The van der Waals surface area contributed by atoms with Gasteiger partial charge in [0.25, 0.3) is 5.91 Å². The van der Waals surface area contributed by atoms with Gasteiger partial charge in [-0.3, -0.25) is 4.79 Å². The normalized spacial score (nSPS) is 10.3. The van der Waals surface area contributed by atoms with E-state index in [2.05, 4.69) is 41.9 Å². The highest BCUT2D eigenvalue weighted by atomic mass is 79.9. The minimum absolute atomic E-state index is 0.240. The third kappa shape index (κ3) is 3.37. The van der Waals surface area contributed by atoms with Crippen molar-refractivity contribution in [3.63, 3.8) is 0 Å². The lowest BCUT2D eigenvalue weighted by Gasteiger charge is -2.10. The Hall–Kier alpha value is -2.74. The van der Waals surface area contributed by atoms with E-state index in [1.54, 1.807) is 43.5 Å². The van der Waals surface area contributed by atoms with Gasteiger partial charge in [0.15, 0.2) is 0 Å². The number of ether oxygens (including phenoxy) is 1. The molecule has 23 heavy (non-hydrogen) atoms. The van der Waals surface area contributed by atoms with Crippen molar-refractivity contribution < 1.29 is 9.53 Å². The standard InChI is InChI=1S/C15H12BrN5O2/c1-23-11-5-2-9(3-6-11)15(22)17-13-8-10(16)4-7-12(13)14-18-20-21-19-14/h2-8H,1H3,(H,17,22)(H,18,19,20,21). The lowest BCUT2D eigenvalue weighted by molar-refractivity contribution is 0.102. The van der Waals surface area contributed by atoms with Crippen molar-refractivity contribution in [3.8, 4) is 17.1 Å². The molecular formula is C15H12BrN5O2. The van der Waals surface area contributed by atoms with E-state index in [0.29, 0.717) is 28.4 Å². The van der Waals surface area contributed by atoms with E-state index in [1.165, 1.54) is 0 Å². The zero-order valence-electron chi connectivity index (χ0n) is 12.1. The summed E-state index contributed by atoms with van der Waals surface area (Å²) in [6.45, 7) is 0. The van der Waals surface area contributed by atoms with Crippen LogP contribution in [0.15, 0.2) is 46.9 Å². The lowest BCUT2D eigenvalue weighted by atomic mass is 10.1. The van der Waals surface area contributed by atoms with Crippen LogP contribution in [-0.4, -0.2) is 33.6 Å². The Morgan fingerprint density at radius 1 is 1.22 bits per heavy atom. The number of carbonyl (C=O) groups excluding carboxylic acids is 1. The number of H-pyrrole nitrogens is 1. The third-order valence-electron chi connectivity index (χ3n) is 3.17. The Labute approximate surface area is 140 Å². The molecule has 8 heteroatoms. The van der Waals surface area contributed by atoms with Gasteiger partial charge in [0.05, 0.1) is 12.8 Å². The van der Waals surface area contributed by atoms with Gasteiger partial charge in [0, 0.05) is 15.6 Å². The molecule has 0 atom stereocenters. The molecular weight excluding hydrogens is 362 g/mol. The molecule has 0 saturated carbocycles. The number of hydrogen-bond donors (Lipinski definition) is 2. The van der Waals surface area contributed by atoms with Crippen molar-refractivity contribution in [2.75, 3.05) is 12.4 Å². The number of methoxy groups -OCH3 is 1. The Kier molecular flexibility index (Phi) is 4.33. The highest BCUT2D eigenvalue weighted by molar-refractivity contribution is 9.10. The van der Waals surface area contributed by atoms with Crippen LogP contribution in [0, 0.1) is 0 Å². The monoisotopic (exact) mass is 373 g/mol. The smallest absolute Gasteiger partial charge is 0.255 e. The second-order valence-corrected chi connectivity index (χ2v) is 5.52. The number of hydrogen-bond acceptors (Lipinski definition) is 5. The van der Waals surface area contributed by atoms with Gasteiger partial charge in [0.2, 0.25) is 5.82 Å². The van der Waals surface area contributed by atoms with Gasteiger partial charge in [-0.05, 0) is 47.7 Å². The molecule has 0 saturated heterocycles. The molecule has 0 unspecified atom stereocenters. The number of nitrogens with one attached hydrogen (secondary N) is 2. The molecule has 1 heterocycles. The van der Waals surface area contributed by atoms with Crippen LogP contribution in [-0.2, 0) is 0 Å². The second kappa shape index (κ2) is 6.57. The van der Waals surface area contributed by atoms with Gasteiger partial charge in [0.1, 0.15) is 5.75 Å². The van der Waals surface area contributed by atoms with E-state index in [4.69, 9.17) is 4.74 Å². The molecule has 0 fully saturated rings. The lowest BCUT2D eigenvalue weighted by Crippen LogP contribution is -2.12. The first-order valence-corrected chi connectivity index (χ1v) is 7.45. The Bertz CT molecular complexity index is 818. The van der Waals surface area contributed by atoms with Crippen LogP contribution >= 0.6 is 15.9 Å². The molecule has 0 aliphatic heterocycles. The maximum absolute atomic E-state index is 12.4. The van der Waals surface area contributed by atoms with E-state index >= 15 is 0 Å². The third-order valence-corrected chi connectivity index (χ3v) is 3.66. The van der Waals surface area contributed by atoms with E-state index in [9.17, 15) is 4.79 Å². The molecule has 1 amide bonds. The zero-order chi connectivity index (χ0) is 16.2. The molecule has 0 aliphatic carbocycles. The molecule has 7 nitrogen and oxygen atoms in total. The topological polar surface area (TPSA) is 92.8 Å². The van der Waals surface area contributed by atoms with Crippen LogP contribution in [0.2, 0.25) is 0 Å². The number of halogens is 1. The molecule has 2 N–H and O–H groups in total. The number of amides is 1. The molecule has 2 aromatic carbocycles. The summed E-state index contributed by atoms with van der Waals surface area (Å²) in [6, 6.07) is 12.3. The van der Waals surface area contributed by atoms with E-state index in [1.807, 2.05) is 6.07 Å². The van der Waals surface area contributed by atoms with Gasteiger partial charge in [-0.2, -0.15) is 5.21 Å². The molecule has 3 aromatic rings. The summed E-state index contributed by atoms with van der Waals surface area (Å²) in [5, 5.41) is 16.7. The first-order valence-electron chi connectivity index (χ1n) is 6.66. The highest BCUT2D eigenvalue weighted by Crippen LogP contribution is 2.28. The number of aromatic nitrogens is 4. The minimum Gasteiger partial charge on any atom is -0.497 e. The molecule has 116 valence electrons. The van der Waals surface area contributed by atoms with Crippen molar-refractivity contribution in [1.29, 1.82) is 0 Å². The Morgan fingerprint density at radius 3 is 2.65 bits per heavy atom. The van der Waals surface area contributed by atoms with Crippen LogP contribution in [0.3, 0.4) is 0 Å². The summed E-state index contributed by atoms with van der Waals surface area (Å²) in [6.07, 6.45) is 0. The first-order chi connectivity index (χ1) is 11.2. The summed E-state index contributed by atoms with van der Waals surface area (Å²) >= 11 is 3.39. The number of nitrogens with zero attached hydrogens (tertiary/aromatic N) is 3. The predicted molar refractivity (Wildman–Crippen MR) is 88.3 cm³/mol. The zero-order valence-corrected chi connectivity index (χ0v) is 13.7. The predicted octanol–water partition coefficient (Wildman–Crippen LogP) is 2.89. The average Bonchev–Trinajstić information content (AvgIpc) is 3.09. The van der Waals surface area contributed by atoms with Gasteiger partial charge in [-0.1, -0.05) is 15.9 Å². The van der Waals surface area contributed by atoms with Crippen LogP contribution in [0.25, 0.3) is 11.4 Å². The van der Waals surface area contributed by atoms with Gasteiger partial charge >= 0.3 is 0 Å². The number of anilines is 1. The van der Waals surface area contributed by atoms with Crippen LogP contribution < -0.4 is 10.1 Å². The van der Waals surface area contributed by atoms with Crippen LogP contribution in [0.5, 0.6) is 5.75 Å². The van der Waals surface area contributed by atoms with Gasteiger partial charge in [-0.15, -0.1) is 10.2 Å². The van der Waals surface area contributed by atoms with Crippen molar-refractivity contribution in [3.05, 3.63) is 52.5 Å².